The molecule has 0 aromatic rings. The molecule has 1 fully saturated rings. The van der Waals surface area contributed by atoms with Gasteiger partial charge in [0.05, 0.1) is 12.6 Å². The van der Waals surface area contributed by atoms with E-state index in [4.69, 9.17) is 9.84 Å². The van der Waals surface area contributed by atoms with Crippen molar-refractivity contribution < 1.29 is 19.0 Å². The zero-order chi connectivity index (χ0) is 11.6. The van der Waals surface area contributed by atoms with Crippen LogP contribution in [0.1, 0.15) is 27.2 Å². The molecule has 1 rings (SSSR count). The summed E-state index contributed by atoms with van der Waals surface area (Å²) in [5, 5.41) is 8.96. The maximum absolute atomic E-state index is 13.2. The smallest absolute Gasteiger partial charge is 0.410 e. The van der Waals surface area contributed by atoms with E-state index in [0.29, 0.717) is 6.54 Å². The molecule has 5 heteroatoms. The molecule has 0 aliphatic carbocycles. The van der Waals surface area contributed by atoms with E-state index in [0.717, 1.165) is 0 Å². The van der Waals surface area contributed by atoms with Crippen LogP contribution in [0.5, 0.6) is 0 Å². The number of aliphatic hydroxyl groups is 1. The van der Waals surface area contributed by atoms with Crippen LogP contribution in [-0.4, -0.2) is 47.1 Å². The van der Waals surface area contributed by atoms with Gasteiger partial charge in [0.15, 0.2) is 0 Å². The second kappa shape index (κ2) is 4.35. The lowest BCUT2D eigenvalue weighted by atomic mass is 10.2. The SMILES string of the molecule is CC(C)(C)OC(=O)N1CC[C@@H](F)[C@H]1CO. The van der Waals surface area contributed by atoms with E-state index in [1.54, 1.807) is 20.8 Å². The summed E-state index contributed by atoms with van der Waals surface area (Å²) in [6.07, 6.45) is -1.44. The highest BCUT2D eigenvalue weighted by Gasteiger charge is 2.38. The lowest BCUT2D eigenvalue weighted by molar-refractivity contribution is 0.0129. The van der Waals surface area contributed by atoms with Gasteiger partial charge in [-0.15, -0.1) is 0 Å². The summed E-state index contributed by atoms with van der Waals surface area (Å²) in [7, 11) is 0. The summed E-state index contributed by atoms with van der Waals surface area (Å²) in [5.41, 5.74) is -0.592. The summed E-state index contributed by atoms with van der Waals surface area (Å²) in [6.45, 7) is 5.20. The second-order valence-electron chi connectivity index (χ2n) is 4.73. The number of rotatable bonds is 1. The minimum Gasteiger partial charge on any atom is -0.444 e. The van der Waals surface area contributed by atoms with E-state index in [9.17, 15) is 9.18 Å². The normalized spacial score (nSPS) is 26.9. The van der Waals surface area contributed by atoms with E-state index in [1.807, 2.05) is 0 Å². The molecule has 0 radical (unpaired) electrons. The Morgan fingerprint density at radius 1 is 1.60 bits per heavy atom. The molecule has 1 aliphatic heterocycles. The molecule has 0 spiro atoms. The summed E-state index contributed by atoms with van der Waals surface area (Å²) >= 11 is 0. The van der Waals surface area contributed by atoms with Gasteiger partial charge in [-0.3, -0.25) is 4.90 Å². The van der Waals surface area contributed by atoms with Gasteiger partial charge < -0.3 is 9.84 Å². The number of aliphatic hydroxyl groups excluding tert-OH is 1. The number of amides is 1. The minimum atomic E-state index is -1.15. The number of hydrogen-bond acceptors (Lipinski definition) is 3. The number of ether oxygens (including phenoxy) is 1. The van der Waals surface area contributed by atoms with Crippen molar-refractivity contribution in [3.63, 3.8) is 0 Å². The van der Waals surface area contributed by atoms with Gasteiger partial charge in [-0.1, -0.05) is 0 Å². The third-order valence-corrected chi connectivity index (χ3v) is 2.28. The van der Waals surface area contributed by atoms with Crippen LogP contribution in [0.25, 0.3) is 0 Å². The number of likely N-dealkylation sites (tertiary alicyclic amines) is 1. The molecular formula is C10H18FNO3. The summed E-state index contributed by atoms with van der Waals surface area (Å²) in [6, 6.07) is -0.750. The Bertz CT molecular complexity index is 239. The van der Waals surface area contributed by atoms with Crippen molar-refractivity contribution in [3.8, 4) is 0 Å². The topological polar surface area (TPSA) is 49.8 Å². The molecule has 4 nitrogen and oxygen atoms in total. The van der Waals surface area contributed by atoms with Crippen LogP contribution >= 0.6 is 0 Å². The predicted molar refractivity (Wildman–Crippen MR) is 53.3 cm³/mol. The first kappa shape index (κ1) is 12.2. The fourth-order valence-electron chi connectivity index (χ4n) is 1.58. The van der Waals surface area contributed by atoms with Crippen molar-refractivity contribution in [1.29, 1.82) is 0 Å². The largest absolute Gasteiger partial charge is 0.444 e. The van der Waals surface area contributed by atoms with Crippen LogP contribution < -0.4 is 0 Å². The van der Waals surface area contributed by atoms with Crippen LogP contribution in [0.15, 0.2) is 0 Å². The number of halogens is 1. The first-order valence-electron chi connectivity index (χ1n) is 5.09. The third kappa shape index (κ3) is 3.06. The van der Waals surface area contributed by atoms with Crippen molar-refractivity contribution in [2.24, 2.45) is 0 Å². The van der Waals surface area contributed by atoms with Crippen molar-refractivity contribution >= 4 is 6.09 Å². The molecule has 1 saturated heterocycles. The van der Waals surface area contributed by atoms with Crippen molar-refractivity contribution in [2.45, 2.75) is 45.0 Å². The Kier molecular flexibility index (Phi) is 3.54. The van der Waals surface area contributed by atoms with Crippen LogP contribution in [-0.2, 0) is 4.74 Å². The summed E-state index contributed by atoms with van der Waals surface area (Å²) < 4.78 is 18.3. The highest BCUT2D eigenvalue weighted by atomic mass is 19.1. The highest BCUT2D eigenvalue weighted by Crippen LogP contribution is 2.23. The lowest BCUT2D eigenvalue weighted by Gasteiger charge is -2.27. The van der Waals surface area contributed by atoms with Gasteiger partial charge in [0, 0.05) is 6.54 Å². The molecule has 1 N–H and O–H groups in total. The second-order valence-corrected chi connectivity index (χ2v) is 4.73. The molecule has 0 bridgehead atoms. The average molecular weight is 219 g/mol. The molecule has 2 atom stereocenters. The maximum atomic E-state index is 13.2. The Balaban J connectivity index is 2.60. The Hall–Kier alpha value is -0.840. The Labute approximate surface area is 89.0 Å². The van der Waals surface area contributed by atoms with Crippen LogP contribution in [0.3, 0.4) is 0 Å². The van der Waals surface area contributed by atoms with Gasteiger partial charge in [-0.2, -0.15) is 0 Å². The fraction of sp³-hybridized carbons (Fsp3) is 0.900. The zero-order valence-electron chi connectivity index (χ0n) is 9.36. The first-order chi connectivity index (χ1) is 6.85. The van der Waals surface area contributed by atoms with Gasteiger partial charge in [0.25, 0.3) is 0 Å². The number of carbonyl (C=O) groups is 1. The number of carbonyl (C=O) groups excluding carboxylic acids is 1. The fourth-order valence-corrected chi connectivity index (χ4v) is 1.58. The molecule has 0 aromatic heterocycles. The molecule has 88 valence electrons. The van der Waals surface area contributed by atoms with Gasteiger partial charge in [0.1, 0.15) is 11.8 Å². The van der Waals surface area contributed by atoms with Gasteiger partial charge in [-0.25, -0.2) is 9.18 Å². The molecule has 1 aliphatic rings. The molecular weight excluding hydrogens is 201 g/mol. The van der Waals surface area contributed by atoms with Crippen LogP contribution in [0.4, 0.5) is 9.18 Å². The maximum Gasteiger partial charge on any atom is 0.410 e. The zero-order valence-corrected chi connectivity index (χ0v) is 9.36. The minimum absolute atomic E-state index is 0.268. The number of nitrogens with zero attached hydrogens (tertiary/aromatic N) is 1. The lowest BCUT2D eigenvalue weighted by Crippen LogP contribution is -2.43. The molecule has 0 unspecified atom stereocenters. The molecule has 1 amide bonds. The predicted octanol–water partition coefficient (Wildman–Crippen LogP) is 1.33. The summed E-state index contributed by atoms with van der Waals surface area (Å²) in [5.74, 6) is 0. The molecule has 0 aromatic carbocycles. The molecule has 15 heavy (non-hydrogen) atoms. The van der Waals surface area contributed by atoms with Crippen molar-refractivity contribution in [3.05, 3.63) is 0 Å². The van der Waals surface area contributed by atoms with E-state index in [1.165, 1.54) is 4.90 Å². The van der Waals surface area contributed by atoms with E-state index in [-0.39, 0.29) is 13.0 Å². The quantitative estimate of drug-likeness (QED) is 0.723. The molecule has 1 heterocycles. The van der Waals surface area contributed by atoms with Gasteiger partial charge in [0.2, 0.25) is 0 Å². The highest BCUT2D eigenvalue weighted by molar-refractivity contribution is 5.69. The van der Waals surface area contributed by atoms with Crippen LogP contribution in [0, 0.1) is 0 Å². The van der Waals surface area contributed by atoms with E-state index < -0.39 is 23.9 Å². The standard InChI is InChI=1S/C10H18FNO3/c1-10(2,3)15-9(14)12-5-4-7(11)8(12)6-13/h7-8,13H,4-6H2,1-3H3/t7-,8-/m1/s1. The average Bonchev–Trinajstić information content (AvgIpc) is 2.43. The number of hydrogen-bond donors (Lipinski definition) is 1. The van der Waals surface area contributed by atoms with Crippen LogP contribution in [0.2, 0.25) is 0 Å². The first-order valence-corrected chi connectivity index (χ1v) is 5.09. The van der Waals surface area contributed by atoms with E-state index >= 15 is 0 Å². The monoisotopic (exact) mass is 219 g/mol. The Morgan fingerprint density at radius 2 is 2.20 bits per heavy atom. The van der Waals surface area contributed by atoms with Crippen molar-refractivity contribution in [2.75, 3.05) is 13.2 Å². The Morgan fingerprint density at radius 3 is 2.67 bits per heavy atom. The third-order valence-electron chi connectivity index (χ3n) is 2.28. The molecule has 0 saturated carbocycles. The summed E-state index contributed by atoms with van der Waals surface area (Å²) in [4.78, 5) is 12.9. The van der Waals surface area contributed by atoms with E-state index in [2.05, 4.69) is 0 Å². The van der Waals surface area contributed by atoms with Gasteiger partial charge in [-0.05, 0) is 27.2 Å². The number of alkyl halides is 1. The van der Waals surface area contributed by atoms with Gasteiger partial charge >= 0.3 is 6.09 Å². The van der Waals surface area contributed by atoms with Crippen molar-refractivity contribution in [1.82, 2.24) is 4.90 Å².